The van der Waals surface area contributed by atoms with E-state index in [1.807, 2.05) is 6.07 Å². The molecule has 0 spiro atoms. The second kappa shape index (κ2) is 30.0. The maximum absolute atomic E-state index is 10.1. The van der Waals surface area contributed by atoms with Gasteiger partial charge in [-0.15, -0.1) is 5.60 Å². The fourth-order valence-corrected chi connectivity index (χ4v) is 8.20. The summed E-state index contributed by atoms with van der Waals surface area (Å²) in [4.78, 5) is 0.484. The van der Waals surface area contributed by atoms with Gasteiger partial charge in [0.2, 0.25) is 2.86 Å². The minimum absolute atomic E-state index is 0. The molecule has 0 radical (unpaired) electrons. The first-order valence-electron chi connectivity index (χ1n) is 47.0. The van der Waals surface area contributed by atoms with Crippen LogP contribution in [0.3, 0.4) is 0 Å². The van der Waals surface area contributed by atoms with Crippen LogP contribution >= 0.6 is 15.9 Å². The Labute approximate surface area is 596 Å². The van der Waals surface area contributed by atoms with Crippen molar-refractivity contribution in [3.8, 4) is 44.5 Å². The summed E-state index contributed by atoms with van der Waals surface area (Å²) in [7, 11) is 0. The molecule has 1 saturated carbocycles. The van der Waals surface area contributed by atoms with Crippen LogP contribution in [0.25, 0.3) is 44.5 Å². The van der Waals surface area contributed by atoms with Crippen molar-refractivity contribution >= 4 is 38.7 Å². The van der Waals surface area contributed by atoms with Crippen molar-refractivity contribution < 1.29 is 96.3 Å². The zero-order valence-electron chi connectivity index (χ0n) is 89.7. The summed E-state index contributed by atoms with van der Waals surface area (Å²) in [6, 6.07) is -4.92. The van der Waals surface area contributed by atoms with E-state index < -0.39 is 191 Å². The van der Waals surface area contributed by atoms with Crippen LogP contribution in [0.5, 0.6) is 0 Å². The van der Waals surface area contributed by atoms with Gasteiger partial charge in [-0.25, -0.2) is 0 Å². The molecule has 0 atom stereocenters. The molecule has 5 aliphatic carbocycles. The fourth-order valence-electron chi connectivity index (χ4n) is 8.00. The number of nitrogen functional groups attached to an aromatic ring is 1. The van der Waals surface area contributed by atoms with E-state index in [4.69, 9.17) is 64.8 Å². The van der Waals surface area contributed by atoms with Crippen LogP contribution in [0.1, 0.15) is 152 Å². The molecule has 16 rings (SSSR count). The number of hydrogen-bond acceptors (Lipinski definition) is 3. The third-order valence-corrected chi connectivity index (χ3v) is 12.0. The Morgan fingerprint density at radius 1 is 0.447 bits per heavy atom. The zero-order valence-corrected chi connectivity index (χ0v) is 50.3. The van der Waals surface area contributed by atoms with Crippen LogP contribution in [-0.4, -0.2) is 13.9 Å². The van der Waals surface area contributed by atoms with E-state index in [1.54, 1.807) is 20.8 Å². The van der Waals surface area contributed by atoms with E-state index in [0.29, 0.717) is 4.90 Å². The Kier molecular flexibility index (Phi) is 9.82. The predicted molar refractivity (Wildman–Crippen MR) is 359 cm³/mol. The molecule has 0 unspecified atom stereocenters. The van der Waals surface area contributed by atoms with Crippen molar-refractivity contribution in [3.05, 3.63) is 320 Å². The quantitative estimate of drug-likeness (QED) is 0.141. The Bertz CT molecular complexity index is 6080. The Hall–Kier alpha value is -7.58. The molecule has 0 amide bonds. The van der Waals surface area contributed by atoms with Gasteiger partial charge in [-0.2, -0.15) is 0 Å². The smallest absolute Gasteiger partial charge is 0.850 e. The summed E-state index contributed by atoms with van der Waals surface area (Å²) in [5.41, 5.74) is 8.79. The van der Waals surface area contributed by atoms with E-state index >= 15 is 0 Å². The third kappa shape index (κ3) is 17.1. The first-order valence-corrected chi connectivity index (χ1v) is 26.5. The van der Waals surface area contributed by atoms with Crippen molar-refractivity contribution in [2.24, 2.45) is 0 Å². The van der Waals surface area contributed by atoms with Gasteiger partial charge in [0.25, 0.3) is 0 Å². The number of nitrogens with two attached hydrogens (primary N) is 1. The van der Waals surface area contributed by atoms with Gasteiger partial charge in [-0.05, 0) is 189 Å². The van der Waals surface area contributed by atoms with Gasteiger partial charge in [-0.1, -0.05) is 267 Å². The third-order valence-electron chi connectivity index (χ3n) is 11.6. The van der Waals surface area contributed by atoms with Gasteiger partial charge >= 0.3 is 29.6 Å². The van der Waals surface area contributed by atoms with Crippen molar-refractivity contribution in [1.29, 1.82) is 2.86 Å². The Balaban J connectivity index is 0.000000206. The number of halogens is 1. The largest absolute Gasteiger partial charge is 1.00 e. The summed E-state index contributed by atoms with van der Waals surface area (Å²) in [5, 5.41) is 10.1. The van der Waals surface area contributed by atoms with Crippen LogP contribution in [0, 0.1) is 13.8 Å². The number of fused-ring (bicyclic) bond motifs is 12. The average Bonchev–Trinajstić information content (AvgIpc) is 1.53. The van der Waals surface area contributed by atoms with E-state index in [2.05, 4.69) is 57.8 Å². The second-order valence-electron chi connectivity index (χ2n) is 19.3. The van der Waals surface area contributed by atoms with Gasteiger partial charge < -0.3 is 21.2 Å². The minimum atomic E-state index is -2.90. The monoisotopic (exact) mass is 1230 g/mol. The van der Waals surface area contributed by atoms with Crippen molar-refractivity contribution in [2.45, 2.75) is 85.0 Å². The Morgan fingerprint density at radius 2 is 0.859 bits per heavy atom. The van der Waals surface area contributed by atoms with Crippen LogP contribution in [-0.2, 0) is 25.5 Å². The molecule has 11 aromatic carbocycles. The van der Waals surface area contributed by atoms with Crippen LogP contribution < -0.4 is 45.3 Å². The molecule has 11 aromatic rings. The number of nitrogens with zero attached hydrogens (tertiary/aromatic N) is 1. The van der Waals surface area contributed by atoms with Gasteiger partial charge in [0.1, 0.15) is 0 Å². The normalized spacial score (nSPS) is 20.8. The molecule has 1 fully saturated rings. The number of benzene rings is 11. The van der Waals surface area contributed by atoms with E-state index in [-0.39, 0.29) is 174 Å². The molecular formula is C79H76BrN2NaO2. The first kappa shape index (κ1) is 27.8. The van der Waals surface area contributed by atoms with Crippen molar-refractivity contribution in [1.82, 2.24) is 0 Å². The molecule has 0 heterocycles. The second-order valence-corrected chi connectivity index (χ2v) is 20.1. The maximum atomic E-state index is 10.1. The SMILES string of the molecule is C1CC1.CC(C)(C)[O-].Nc1ccc2c(c1)Cc1ccccc1-2.[2H]O[2H].[2H]c1c([2H])c([2H])c(Br)c([2H])c1[2H].[2H]c1c([2H])c([2H])c(N(c2c([2H])c([2H])c([2H])c([2H])c2[2H])c2c([2H])c([2H])c3c(c2[2H])C([2H])([2H])c2c([2H])c([2H])c([2H])c([2H])c2-3)c([2H])c1[2H].[2H]c1c([2H])c([2H])c2c(c1[2H])-c1c([2H])c([2H])c(C)c([2H])c1C2([2H])[2H].[2H]c1cc([2H])c2c(c1[2H])-c1c([2H])c([2H])c(C)c([2H])c1C2([2H])[2H].[Na+]. The molecule has 0 bridgehead atoms. The Morgan fingerprint density at radius 3 is 1.38 bits per heavy atom. The molecule has 0 aliphatic heterocycles. The number of para-hydroxylation sites is 2. The molecule has 4 N–H and O–H groups in total. The molecule has 85 heavy (non-hydrogen) atoms. The maximum Gasteiger partial charge on any atom is 1.00 e. The van der Waals surface area contributed by atoms with Crippen LogP contribution in [0.2, 0.25) is 0 Å². The zero-order chi connectivity index (χ0) is 96.3. The van der Waals surface area contributed by atoms with Crippen LogP contribution in [0.4, 0.5) is 22.7 Å². The van der Waals surface area contributed by atoms with Gasteiger partial charge in [0.05, 0.1) is 48.0 Å². The minimum Gasteiger partial charge on any atom is -0.850 e. The van der Waals surface area contributed by atoms with E-state index in [9.17, 15) is 5.11 Å². The number of rotatable bonds is 3. The van der Waals surface area contributed by atoms with Crippen molar-refractivity contribution in [2.75, 3.05) is 10.6 Å². The molecular weight excluding hydrogens is 1110 g/mol. The van der Waals surface area contributed by atoms with Gasteiger partial charge in [0, 0.05) is 35.4 Å². The number of hydrogen-bond donors (Lipinski definition) is 1. The van der Waals surface area contributed by atoms with Crippen molar-refractivity contribution in [3.63, 3.8) is 0 Å². The molecule has 0 aromatic heterocycles. The molecule has 4 nitrogen and oxygen atoms in total. The first-order chi connectivity index (χ1) is 58.6. The van der Waals surface area contributed by atoms with E-state index in [0.717, 1.165) is 18.2 Å². The molecule has 422 valence electrons. The topological polar surface area (TPSA) is 83.8 Å². The van der Waals surface area contributed by atoms with Gasteiger partial charge in [-0.3, -0.25) is 0 Å². The van der Waals surface area contributed by atoms with Gasteiger partial charge in [0.15, 0.2) is 0 Å². The predicted octanol–water partition coefficient (Wildman–Crippen LogP) is 16.6. The van der Waals surface area contributed by atoms with Crippen LogP contribution in [0.15, 0.2) is 264 Å². The summed E-state index contributed by atoms with van der Waals surface area (Å²) < 4.78 is 345. The summed E-state index contributed by atoms with van der Waals surface area (Å²) in [5.74, 6) is 0. The fraction of sp³-hybridized carbons (Fsp3) is 0.165. The average molecular weight is 1230 g/mol. The number of anilines is 4. The standard InChI is InChI=1S/C25H19N.2C14H12.C13H11N.C6H5Br.C4H9O.C3H6.Na.H2O/c1-3-10-21(11-4-1)26(22-12-5-2-6-13-22)23-15-16-25-20(18-23)17-19-9-7-8-14-24(19)25;2*1-10-6-7-14-12(8-10)9-11-4-2-3-5-13(11)14;14-11-5-6-13-10(8-11)7-9-3-1-2-4-12(9)13;7-6-4-2-1-3-5-6;1-4(2,3)5;1-2-3-1;;/h1-16,18H,17H2;2*2-8H,9H2,1H3;1-6,8H,7,14H2;1-5H;1-3H3;1-3H2;;1H2/q;;;;;-1;;+1;/i1D,2D,3D,4D,5D,6D,7D,8D,9D,10D,11D,12D,13D,14D,15D,16D,17D2,18D;2D,3D,4D,5D,6D,7D,8D,9D2;3D,4D,5D,6D,7D,8D,9D2;;1D,2D,3D,4D,5D;;;;/hD2. The summed E-state index contributed by atoms with van der Waals surface area (Å²) >= 11 is 2.92. The molecule has 6 heteroatoms. The molecule has 0 saturated heterocycles. The summed E-state index contributed by atoms with van der Waals surface area (Å²) in [6.45, 7) is 7.84. The summed E-state index contributed by atoms with van der Waals surface area (Å²) in [6.07, 6.45) is -1.87. The van der Waals surface area contributed by atoms with E-state index in [1.165, 1.54) is 55.4 Å². The molecule has 5 aliphatic rings.